The van der Waals surface area contributed by atoms with Gasteiger partial charge in [0.05, 0.1) is 17.4 Å². The van der Waals surface area contributed by atoms with Crippen molar-refractivity contribution in [1.82, 2.24) is 15.2 Å². The molecule has 7 nitrogen and oxygen atoms in total. The predicted molar refractivity (Wildman–Crippen MR) is 99.2 cm³/mol. The second-order valence-electron chi connectivity index (χ2n) is 5.91. The summed E-state index contributed by atoms with van der Waals surface area (Å²) in [6, 6.07) is 9.04. The van der Waals surface area contributed by atoms with Crippen LogP contribution in [0.25, 0.3) is 0 Å². The van der Waals surface area contributed by atoms with Gasteiger partial charge in [-0.15, -0.1) is 0 Å². The van der Waals surface area contributed by atoms with E-state index in [2.05, 4.69) is 20.9 Å². The second kappa shape index (κ2) is 8.79. The smallest absolute Gasteiger partial charge is 0.252 e. The minimum Gasteiger partial charge on any atom is -0.354 e. The Morgan fingerprint density at radius 3 is 2.36 bits per heavy atom. The van der Waals surface area contributed by atoms with Gasteiger partial charge >= 0.3 is 0 Å². The van der Waals surface area contributed by atoms with Gasteiger partial charge in [-0.2, -0.15) is 0 Å². The number of likely N-dealkylation sites (N-methyl/N-ethyl adjacent to an activating group) is 1. The molecule has 0 atom stereocenters. The first kappa shape index (κ1) is 18.4. The van der Waals surface area contributed by atoms with Crippen molar-refractivity contribution in [2.45, 2.75) is 6.92 Å². The molecule has 3 N–H and O–H groups in total. The number of rotatable bonds is 7. The maximum absolute atomic E-state index is 12.1. The Morgan fingerprint density at radius 2 is 1.72 bits per heavy atom. The molecule has 0 aliphatic carbocycles. The lowest BCUT2D eigenvalue weighted by Crippen LogP contribution is -2.31. The van der Waals surface area contributed by atoms with E-state index in [-0.39, 0.29) is 11.8 Å². The van der Waals surface area contributed by atoms with Gasteiger partial charge < -0.3 is 20.9 Å². The summed E-state index contributed by atoms with van der Waals surface area (Å²) in [5, 5.41) is 8.76. The van der Waals surface area contributed by atoms with E-state index in [0.29, 0.717) is 17.8 Å². The van der Waals surface area contributed by atoms with Gasteiger partial charge in [-0.05, 0) is 44.4 Å². The molecule has 2 aromatic rings. The van der Waals surface area contributed by atoms with Crippen molar-refractivity contribution in [3.63, 3.8) is 0 Å². The number of aromatic nitrogens is 1. The average molecular weight is 341 g/mol. The van der Waals surface area contributed by atoms with Gasteiger partial charge in [-0.25, -0.2) is 0 Å². The SMILES string of the molecule is CC(=O)Nc1ccc(Nc2cncc(C(=O)NCCN(C)C)c2)cc1. The molecule has 25 heavy (non-hydrogen) atoms. The molecule has 2 amide bonds. The highest BCUT2D eigenvalue weighted by Gasteiger charge is 2.07. The molecule has 0 unspecified atom stereocenters. The Hall–Kier alpha value is -2.93. The van der Waals surface area contributed by atoms with E-state index in [1.807, 2.05) is 31.1 Å². The summed E-state index contributed by atoms with van der Waals surface area (Å²) in [7, 11) is 3.91. The standard InChI is InChI=1S/C18H23N5O2/c1-13(24)21-15-4-6-16(7-5-15)22-17-10-14(11-19-12-17)18(25)20-8-9-23(2)3/h4-7,10-12,22H,8-9H2,1-3H3,(H,20,25)(H,21,24). The molecule has 2 rings (SSSR count). The van der Waals surface area contributed by atoms with E-state index in [4.69, 9.17) is 0 Å². The van der Waals surface area contributed by atoms with Crippen LogP contribution in [0.2, 0.25) is 0 Å². The van der Waals surface area contributed by atoms with Crippen molar-refractivity contribution in [2.24, 2.45) is 0 Å². The molecule has 1 aromatic heterocycles. The van der Waals surface area contributed by atoms with Crippen LogP contribution in [-0.4, -0.2) is 48.9 Å². The van der Waals surface area contributed by atoms with Crippen LogP contribution < -0.4 is 16.0 Å². The monoisotopic (exact) mass is 341 g/mol. The first-order valence-corrected chi connectivity index (χ1v) is 7.96. The Balaban J connectivity index is 1.98. The number of benzene rings is 1. The molecule has 0 fully saturated rings. The Morgan fingerprint density at radius 1 is 1.04 bits per heavy atom. The number of nitrogens with one attached hydrogen (secondary N) is 3. The van der Waals surface area contributed by atoms with Crippen molar-refractivity contribution in [1.29, 1.82) is 0 Å². The fourth-order valence-corrected chi connectivity index (χ4v) is 2.13. The normalized spacial score (nSPS) is 10.4. The van der Waals surface area contributed by atoms with E-state index >= 15 is 0 Å². The van der Waals surface area contributed by atoms with E-state index in [0.717, 1.165) is 17.9 Å². The van der Waals surface area contributed by atoms with Crippen molar-refractivity contribution in [2.75, 3.05) is 37.8 Å². The number of hydrogen-bond donors (Lipinski definition) is 3. The molecule has 1 aromatic carbocycles. The van der Waals surface area contributed by atoms with Crippen molar-refractivity contribution < 1.29 is 9.59 Å². The minimum atomic E-state index is -0.154. The highest BCUT2D eigenvalue weighted by atomic mass is 16.2. The lowest BCUT2D eigenvalue weighted by atomic mass is 10.2. The average Bonchev–Trinajstić information content (AvgIpc) is 2.56. The summed E-state index contributed by atoms with van der Waals surface area (Å²) >= 11 is 0. The van der Waals surface area contributed by atoms with Crippen LogP contribution in [0.15, 0.2) is 42.7 Å². The highest BCUT2D eigenvalue weighted by molar-refractivity contribution is 5.95. The van der Waals surface area contributed by atoms with Crippen molar-refractivity contribution in [3.8, 4) is 0 Å². The lowest BCUT2D eigenvalue weighted by Gasteiger charge is -2.11. The molecule has 0 spiro atoms. The number of hydrogen-bond acceptors (Lipinski definition) is 5. The molecule has 0 aliphatic rings. The van der Waals surface area contributed by atoms with Crippen LogP contribution in [0, 0.1) is 0 Å². The van der Waals surface area contributed by atoms with Crippen LogP contribution in [0.3, 0.4) is 0 Å². The summed E-state index contributed by atoms with van der Waals surface area (Å²) in [6.07, 6.45) is 3.19. The molecule has 7 heteroatoms. The zero-order chi connectivity index (χ0) is 18.2. The number of anilines is 3. The maximum atomic E-state index is 12.1. The third kappa shape index (κ3) is 6.23. The Bertz CT molecular complexity index is 729. The van der Waals surface area contributed by atoms with Crippen LogP contribution in [0.4, 0.5) is 17.1 Å². The van der Waals surface area contributed by atoms with E-state index in [1.54, 1.807) is 24.4 Å². The number of amides is 2. The number of carbonyl (C=O) groups excluding carboxylic acids is 2. The largest absolute Gasteiger partial charge is 0.354 e. The van der Waals surface area contributed by atoms with Crippen LogP contribution in [-0.2, 0) is 4.79 Å². The fraction of sp³-hybridized carbons (Fsp3) is 0.278. The van der Waals surface area contributed by atoms with Crippen LogP contribution >= 0.6 is 0 Å². The van der Waals surface area contributed by atoms with Crippen molar-refractivity contribution in [3.05, 3.63) is 48.3 Å². The lowest BCUT2D eigenvalue weighted by molar-refractivity contribution is -0.114. The maximum Gasteiger partial charge on any atom is 0.252 e. The van der Waals surface area contributed by atoms with Gasteiger partial charge in [0.1, 0.15) is 0 Å². The summed E-state index contributed by atoms with van der Waals surface area (Å²) in [4.78, 5) is 29.3. The minimum absolute atomic E-state index is 0.113. The Labute approximate surface area is 147 Å². The quantitative estimate of drug-likeness (QED) is 0.718. The first-order valence-electron chi connectivity index (χ1n) is 7.96. The summed E-state index contributed by atoms with van der Waals surface area (Å²) < 4.78 is 0. The molecule has 0 bridgehead atoms. The van der Waals surface area contributed by atoms with E-state index in [9.17, 15) is 9.59 Å². The summed E-state index contributed by atoms with van der Waals surface area (Å²) in [6.45, 7) is 2.82. The number of carbonyl (C=O) groups is 2. The zero-order valence-electron chi connectivity index (χ0n) is 14.7. The van der Waals surface area contributed by atoms with E-state index < -0.39 is 0 Å². The van der Waals surface area contributed by atoms with Gasteiger partial charge in [-0.3, -0.25) is 14.6 Å². The van der Waals surface area contributed by atoms with E-state index in [1.165, 1.54) is 13.1 Å². The third-order valence-corrected chi connectivity index (χ3v) is 3.34. The second-order valence-corrected chi connectivity index (χ2v) is 5.91. The van der Waals surface area contributed by atoms with Gasteiger partial charge in [-0.1, -0.05) is 0 Å². The van der Waals surface area contributed by atoms with Crippen LogP contribution in [0.5, 0.6) is 0 Å². The van der Waals surface area contributed by atoms with Gasteiger partial charge in [0, 0.05) is 37.6 Å². The molecule has 132 valence electrons. The molecule has 0 radical (unpaired) electrons. The predicted octanol–water partition coefficient (Wildman–Crippen LogP) is 2.07. The topological polar surface area (TPSA) is 86.4 Å². The Kier molecular flexibility index (Phi) is 6.47. The van der Waals surface area contributed by atoms with Crippen LogP contribution in [0.1, 0.15) is 17.3 Å². The zero-order valence-corrected chi connectivity index (χ0v) is 14.7. The fourth-order valence-electron chi connectivity index (χ4n) is 2.13. The summed E-state index contributed by atoms with van der Waals surface area (Å²) in [5.74, 6) is -0.267. The van der Waals surface area contributed by atoms with Gasteiger partial charge in [0.15, 0.2) is 0 Å². The molecular weight excluding hydrogens is 318 g/mol. The molecule has 0 saturated heterocycles. The van der Waals surface area contributed by atoms with Gasteiger partial charge in [0.25, 0.3) is 5.91 Å². The highest BCUT2D eigenvalue weighted by Crippen LogP contribution is 2.19. The molecule has 1 heterocycles. The number of nitrogens with zero attached hydrogens (tertiary/aromatic N) is 2. The third-order valence-electron chi connectivity index (χ3n) is 3.34. The van der Waals surface area contributed by atoms with Gasteiger partial charge in [0.2, 0.25) is 5.91 Å². The summed E-state index contributed by atoms with van der Waals surface area (Å²) in [5.41, 5.74) is 2.78. The molecule has 0 saturated carbocycles. The molecule has 0 aliphatic heterocycles. The first-order chi connectivity index (χ1) is 11.9. The molecular formula is C18H23N5O2. The van der Waals surface area contributed by atoms with Crippen molar-refractivity contribution >= 4 is 28.9 Å². The number of pyridine rings is 1.